The van der Waals surface area contributed by atoms with E-state index in [1.54, 1.807) is 7.11 Å². The van der Waals surface area contributed by atoms with Crippen LogP contribution in [-0.2, 0) is 17.8 Å². The van der Waals surface area contributed by atoms with Crippen LogP contribution in [0.2, 0.25) is 0 Å². The maximum atomic E-state index is 12.5. The second-order valence-corrected chi connectivity index (χ2v) is 5.78. The zero-order valence-corrected chi connectivity index (χ0v) is 15.3. The average molecular weight is 349 g/mol. The number of nitriles is 1. The van der Waals surface area contributed by atoms with Gasteiger partial charge in [0.25, 0.3) is 5.91 Å². The van der Waals surface area contributed by atoms with Gasteiger partial charge in [0.1, 0.15) is 17.4 Å². The first-order valence-corrected chi connectivity index (χ1v) is 8.46. The molecule has 26 heavy (non-hydrogen) atoms. The summed E-state index contributed by atoms with van der Waals surface area (Å²) in [6, 6.07) is 15.4. The molecule has 0 bridgehead atoms. The number of carbonyl (C=O) groups is 1. The van der Waals surface area contributed by atoms with E-state index in [1.807, 2.05) is 62.4 Å². The van der Waals surface area contributed by atoms with E-state index in [1.165, 1.54) is 6.20 Å². The van der Waals surface area contributed by atoms with E-state index in [-0.39, 0.29) is 5.57 Å². The van der Waals surface area contributed by atoms with Gasteiger partial charge in [-0.2, -0.15) is 5.26 Å². The highest BCUT2D eigenvalue weighted by molar-refractivity contribution is 6.07. The lowest BCUT2D eigenvalue weighted by Gasteiger charge is -2.13. The highest BCUT2D eigenvalue weighted by Crippen LogP contribution is 2.21. The van der Waals surface area contributed by atoms with Crippen molar-refractivity contribution < 1.29 is 9.53 Å². The normalized spacial score (nSPS) is 10.8. The Morgan fingerprint density at radius 1 is 1.19 bits per heavy atom. The van der Waals surface area contributed by atoms with Gasteiger partial charge in [-0.15, -0.1) is 0 Å². The van der Waals surface area contributed by atoms with Gasteiger partial charge in [0, 0.05) is 24.0 Å². The highest BCUT2D eigenvalue weighted by atomic mass is 16.5. The molecule has 0 saturated heterocycles. The lowest BCUT2D eigenvalue weighted by molar-refractivity contribution is -0.112. The van der Waals surface area contributed by atoms with Crippen LogP contribution in [0.15, 0.2) is 54.2 Å². The molecule has 5 nitrogen and oxygen atoms in total. The maximum Gasteiger partial charge on any atom is 0.267 e. The number of anilines is 1. The molecule has 2 aromatic rings. The molecule has 0 aromatic heterocycles. The molecular weight excluding hydrogens is 326 g/mol. The Labute approximate surface area is 154 Å². The van der Waals surface area contributed by atoms with E-state index in [0.29, 0.717) is 6.54 Å². The quantitative estimate of drug-likeness (QED) is 0.590. The maximum absolute atomic E-state index is 12.5. The van der Waals surface area contributed by atoms with E-state index in [4.69, 9.17) is 4.74 Å². The number of methoxy groups -OCH3 is 1. The van der Waals surface area contributed by atoms with Crippen molar-refractivity contribution in [1.29, 1.82) is 5.26 Å². The second-order valence-electron chi connectivity index (χ2n) is 5.78. The summed E-state index contributed by atoms with van der Waals surface area (Å²) in [5, 5.41) is 15.2. The number of nitrogens with zero attached hydrogens (tertiary/aromatic N) is 1. The van der Waals surface area contributed by atoms with E-state index >= 15 is 0 Å². The summed E-state index contributed by atoms with van der Waals surface area (Å²) < 4.78 is 5.29. The molecule has 0 fully saturated rings. The number of hydrogen-bond donors (Lipinski definition) is 2. The number of aryl methyl sites for hydroxylation is 2. The molecule has 0 aliphatic heterocycles. The first-order valence-electron chi connectivity index (χ1n) is 8.46. The largest absolute Gasteiger partial charge is 0.496 e. The highest BCUT2D eigenvalue weighted by Gasteiger charge is 2.13. The van der Waals surface area contributed by atoms with Gasteiger partial charge in [-0.25, -0.2) is 0 Å². The first-order chi connectivity index (χ1) is 12.6. The summed E-state index contributed by atoms with van der Waals surface area (Å²) in [6.45, 7) is 4.41. The average Bonchev–Trinajstić information content (AvgIpc) is 2.67. The number of nitrogens with one attached hydrogen (secondary N) is 2. The summed E-state index contributed by atoms with van der Waals surface area (Å²) >= 11 is 0. The van der Waals surface area contributed by atoms with Gasteiger partial charge in [0.2, 0.25) is 0 Å². The zero-order chi connectivity index (χ0) is 18.9. The molecule has 2 N–H and O–H groups in total. The van der Waals surface area contributed by atoms with Gasteiger partial charge in [0.05, 0.1) is 7.11 Å². The minimum absolute atomic E-state index is 0.0187. The molecule has 0 aliphatic carbocycles. The van der Waals surface area contributed by atoms with Crippen molar-refractivity contribution in [3.63, 3.8) is 0 Å². The monoisotopic (exact) mass is 349 g/mol. The van der Waals surface area contributed by atoms with Gasteiger partial charge in [-0.1, -0.05) is 43.3 Å². The van der Waals surface area contributed by atoms with Gasteiger partial charge < -0.3 is 15.4 Å². The Hall–Kier alpha value is -3.26. The van der Waals surface area contributed by atoms with Crippen molar-refractivity contribution in [2.75, 3.05) is 12.4 Å². The van der Waals surface area contributed by atoms with E-state index in [9.17, 15) is 10.1 Å². The first kappa shape index (κ1) is 19.1. The van der Waals surface area contributed by atoms with Gasteiger partial charge in [0.15, 0.2) is 0 Å². The van der Waals surface area contributed by atoms with Crippen molar-refractivity contribution in [3.05, 3.63) is 70.9 Å². The Bertz CT molecular complexity index is 851. The summed E-state index contributed by atoms with van der Waals surface area (Å²) in [5.41, 5.74) is 3.74. The standard InChI is InChI=1S/C21H23N3O2/c1-4-16-10-7-8-15(2)20(16)24-21(25)18(12-22)14-23-13-17-9-5-6-11-19(17)26-3/h5-11,14,23H,4,13H2,1-3H3,(H,24,25)/b18-14-. The van der Waals surface area contributed by atoms with Crippen LogP contribution in [0.3, 0.4) is 0 Å². The van der Waals surface area contributed by atoms with Gasteiger partial charge in [-0.3, -0.25) is 4.79 Å². The minimum atomic E-state index is -0.427. The fourth-order valence-corrected chi connectivity index (χ4v) is 2.64. The van der Waals surface area contributed by atoms with Crippen LogP contribution in [0.4, 0.5) is 5.69 Å². The van der Waals surface area contributed by atoms with Crippen LogP contribution >= 0.6 is 0 Å². The molecule has 0 saturated carbocycles. The molecule has 134 valence electrons. The molecule has 5 heteroatoms. The number of hydrogen-bond acceptors (Lipinski definition) is 4. The second kappa shape index (κ2) is 9.28. The molecule has 1 amide bonds. The topological polar surface area (TPSA) is 74.2 Å². The van der Waals surface area contributed by atoms with E-state index in [2.05, 4.69) is 10.6 Å². The molecule has 0 heterocycles. The molecule has 0 spiro atoms. The summed E-state index contributed by atoms with van der Waals surface area (Å²) in [5.74, 6) is 0.327. The van der Waals surface area contributed by atoms with Crippen molar-refractivity contribution in [1.82, 2.24) is 5.32 Å². The molecule has 0 aliphatic rings. The number of amides is 1. The van der Waals surface area contributed by atoms with Crippen LogP contribution in [0.5, 0.6) is 5.75 Å². The third-order valence-corrected chi connectivity index (χ3v) is 4.08. The number of ether oxygens (including phenoxy) is 1. The van der Waals surface area contributed by atoms with Crippen molar-refractivity contribution in [2.24, 2.45) is 0 Å². The lowest BCUT2D eigenvalue weighted by Crippen LogP contribution is -2.18. The van der Waals surface area contributed by atoms with Crippen LogP contribution < -0.4 is 15.4 Å². The van der Waals surface area contributed by atoms with Crippen LogP contribution in [0.25, 0.3) is 0 Å². The lowest BCUT2D eigenvalue weighted by atomic mass is 10.1. The summed E-state index contributed by atoms with van der Waals surface area (Å²) in [4.78, 5) is 12.5. The molecule has 2 aromatic carbocycles. The fraction of sp³-hybridized carbons (Fsp3) is 0.238. The molecule has 0 radical (unpaired) electrons. The van der Waals surface area contributed by atoms with Gasteiger partial charge >= 0.3 is 0 Å². The van der Waals surface area contributed by atoms with Crippen molar-refractivity contribution >= 4 is 11.6 Å². The Balaban J connectivity index is 2.09. The number of benzene rings is 2. The van der Waals surface area contributed by atoms with Crippen LogP contribution in [-0.4, -0.2) is 13.0 Å². The Kier molecular flexibility index (Phi) is 6.81. The third kappa shape index (κ3) is 4.64. The number of carbonyl (C=O) groups excluding carboxylic acids is 1. The van der Waals surface area contributed by atoms with Crippen molar-refractivity contribution in [3.8, 4) is 11.8 Å². The van der Waals surface area contributed by atoms with E-state index < -0.39 is 5.91 Å². The minimum Gasteiger partial charge on any atom is -0.496 e. The fourth-order valence-electron chi connectivity index (χ4n) is 2.64. The van der Waals surface area contributed by atoms with Crippen LogP contribution in [0.1, 0.15) is 23.6 Å². The Morgan fingerprint density at radius 3 is 2.62 bits per heavy atom. The molecule has 2 rings (SSSR count). The van der Waals surface area contributed by atoms with Crippen molar-refractivity contribution in [2.45, 2.75) is 26.8 Å². The predicted octanol–water partition coefficient (Wildman–Crippen LogP) is 3.70. The van der Waals surface area contributed by atoms with Crippen LogP contribution in [0, 0.1) is 18.3 Å². The summed E-state index contributed by atoms with van der Waals surface area (Å²) in [7, 11) is 1.61. The predicted molar refractivity (Wildman–Crippen MR) is 103 cm³/mol. The Morgan fingerprint density at radius 2 is 1.92 bits per heavy atom. The smallest absolute Gasteiger partial charge is 0.267 e. The van der Waals surface area contributed by atoms with E-state index in [0.717, 1.165) is 34.5 Å². The van der Waals surface area contributed by atoms with Gasteiger partial charge in [-0.05, 0) is 30.5 Å². The molecule has 0 atom stereocenters. The zero-order valence-electron chi connectivity index (χ0n) is 15.3. The molecule has 0 unspecified atom stereocenters. The number of rotatable bonds is 7. The molecular formula is C21H23N3O2. The number of para-hydroxylation sites is 2. The third-order valence-electron chi connectivity index (χ3n) is 4.08. The summed E-state index contributed by atoms with van der Waals surface area (Å²) in [6.07, 6.45) is 2.24. The SMILES string of the molecule is CCc1cccc(C)c1NC(=O)/C(C#N)=C\NCc1ccccc1OC.